The summed E-state index contributed by atoms with van der Waals surface area (Å²) in [4.78, 5) is 19.2. The Morgan fingerprint density at radius 2 is 2.00 bits per heavy atom. The van der Waals surface area contributed by atoms with Gasteiger partial charge in [0.1, 0.15) is 17.2 Å². The van der Waals surface area contributed by atoms with Crippen LogP contribution in [0.3, 0.4) is 0 Å². The second-order valence-electron chi connectivity index (χ2n) is 4.74. The van der Waals surface area contributed by atoms with Crippen molar-refractivity contribution in [1.82, 2.24) is 19.7 Å². The number of carbonyl (C=O) groups is 1. The SMILES string of the molecule is Cc1nc(-c2nn(-c3ccc(F)cc3)cc2I)cnc1C(=O)O. The highest BCUT2D eigenvalue weighted by Crippen LogP contribution is 2.23. The van der Waals surface area contributed by atoms with Crippen LogP contribution in [-0.4, -0.2) is 30.8 Å². The van der Waals surface area contributed by atoms with Gasteiger partial charge in [0.25, 0.3) is 0 Å². The number of rotatable bonds is 3. The van der Waals surface area contributed by atoms with Gasteiger partial charge in [-0.15, -0.1) is 0 Å². The Hall–Kier alpha value is -2.36. The van der Waals surface area contributed by atoms with Crippen molar-refractivity contribution in [2.24, 2.45) is 0 Å². The number of nitrogens with zero attached hydrogens (tertiary/aromatic N) is 4. The molecule has 2 heterocycles. The summed E-state index contributed by atoms with van der Waals surface area (Å²) in [6.07, 6.45) is 3.17. The highest BCUT2D eigenvalue weighted by Gasteiger charge is 2.16. The van der Waals surface area contributed by atoms with Crippen LogP contribution in [0.15, 0.2) is 36.7 Å². The van der Waals surface area contributed by atoms with Crippen LogP contribution in [0.25, 0.3) is 17.1 Å². The Morgan fingerprint density at radius 3 is 2.61 bits per heavy atom. The van der Waals surface area contributed by atoms with Gasteiger partial charge in [0.2, 0.25) is 0 Å². The van der Waals surface area contributed by atoms with Crippen molar-refractivity contribution in [2.45, 2.75) is 6.92 Å². The molecule has 3 aromatic rings. The van der Waals surface area contributed by atoms with E-state index in [1.54, 1.807) is 29.9 Å². The van der Waals surface area contributed by atoms with Gasteiger partial charge in [-0.25, -0.2) is 23.8 Å². The Morgan fingerprint density at radius 1 is 1.30 bits per heavy atom. The smallest absolute Gasteiger partial charge is 0.356 e. The van der Waals surface area contributed by atoms with Crippen LogP contribution in [0.4, 0.5) is 4.39 Å². The molecule has 0 amide bonds. The van der Waals surface area contributed by atoms with E-state index in [4.69, 9.17) is 5.11 Å². The first-order valence-electron chi connectivity index (χ1n) is 6.54. The summed E-state index contributed by atoms with van der Waals surface area (Å²) < 4.78 is 15.4. The molecule has 0 saturated heterocycles. The van der Waals surface area contributed by atoms with Crippen LogP contribution in [0.2, 0.25) is 0 Å². The van der Waals surface area contributed by atoms with E-state index in [9.17, 15) is 9.18 Å². The molecule has 1 aromatic carbocycles. The van der Waals surface area contributed by atoms with Crippen molar-refractivity contribution in [2.75, 3.05) is 0 Å². The van der Waals surface area contributed by atoms with Gasteiger partial charge in [-0.05, 0) is 53.8 Å². The van der Waals surface area contributed by atoms with Crippen molar-refractivity contribution < 1.29 is 14.3 Å². The average Bonchev–Trinajstić information content (AvgIpc) is 2.89. The van der Waals surface area contributed by atoms with Gasteiger partial charge in [0.05, 0.1) is 21.1 Å². The third kappa shape index (κ3) is 3.07. The molecule has 0 aliphatic carbocycles. The molecule has 0 unspecified atom stereocenters. The van der Waals surface area contributed by atoms with Crippen LogP contribution < -0.4 is 0 Å². The first kappa shape index (κ1) is 15.5. The summed E-state index contributed by atoms with van der Waals surface area (Å²) in [5.74, 6) is -1.44. The third-order valence-corrected chi connectivity index (χ3v) is 3.94. The van der Waals surface area contributed by atoms with E-state index in [0.717, 1.165) is 3.57 Å². The van der Waals surface area contributed by atoms with E-state index in [-0.39, 0.29) is 11.5 Å². The Bertz CT molecular complexity index is 893. The van der Waals surface area contributed by atoms with Crippen molar-refractivity contribution in [3.05, 3.63) is 57.4 Å². The molecule has 2 aromatic heterocycles. The fourth-order valence-electron chi connectivity index (χ4n) is 2.06. The summed E-state index contributed by atoms with van der Waals surface area (Å²) in [6.45, 7) is 1.59. The van der Waals surface area contributed by atoms with E-state index in [0.29, 0.717) is 22.8 Å². The molecular weight excluding hydrogens is 414 g/mol. The summed E-state index contributed by atoms with van der Waals surface area (Å²) in [5, 5.41) is 13.4. The van der Waals surface area contributed by atoms with E-state index in [1.807, 2.05) is 0 Å². The number of aromatic carboxylic acids is 1. The molecule has 0 fully saturated rings. The predicted molar refractivity (Wildman–Crippen MR) is 89.0 cm³/mol. The monoisotopic (exact) mass is 424 g/mol. The molecule has 0 radical (unpaired) electrons. The lowest BCUT2D eigenvalue weighted by Gasteiger charge is -2.02. The highest BCUT2D eigenvalue weighted by molar-refractivity contribution is 14.1. The topological polar surface area (TPSA) is 80.9 Å². The van der Waals surface area contributed by atoms with E-state index >= 15 is 0 Å². The number of carboxylic acids is 1. The maximum Gasteiger partial charge on any atom is 0.356 e. The van der Waals surface area contributed by atoms with Crippen molar-refractivity contribution in [3.8, 4) is 17.1 Å². The number of hydrogen-bond acceptors (Lipinski definition) is 4. The molecule has 0 spiro atoms. The minimum atomic E-state index is -1.12. The number of aryl methyl sites for hydroxylation is 1. The van der Waals surface area contributed by atoms with Gasteiger partial charge in [0, 0.05) is 6.20 Å². The maximum absolute atomic E-state index is 13.0. The molecule has 6 nitrogen and oxygen atoms in total. The van der Waals surface area contributed by atoms with Crippen LogP contribution in [0.5, 0.6) is 0 Å². The zero-order valence-corrected chi connectivity index (χ0v) is 14.0. The Kier molecular flexibility index (Phi) is 4.07. The largest absolute Gasteiger partial charge is 0.476 e. The molecule has 0 aliphatic heterocycles. The lowest BCUT2D eigenvalue weighted by atomic mass is 10.2. The van der Waals surface area contributed by atoms with E-state index in [2.05, 4.69) is 37.7 Å². The summed E-state index contributed by atoms with van der Waals surface area (Å²) >= 11 is 2.11. The molecule has 1 N–H and O–H groups in total. The lowest BCUT2D eigenvalue weighted by Crippen LogP contribution is -2.06. The van der Waals surface area contributed by atoms with E-state index < -0.39 is 5.97 Å². The maximum atomic E-state index is 13.0. The van der Waals surface area contributed by atoms with Crippen molar-refractivity contribution >= 4 is 28.6 Å². The minimum absolute atomic E-state index is 0.0817. The first-order chi connectivity index (χ1) is 11.0. The summed E-state index contributed by atoms with van der Waals surface area (Å²) in [5.41, 5.74) is 2.02. The minimum Gasteiger partial charge on any atom is -0.476 e. The van der Waals surface area contributed by atoms with Crippen molar-refractivity contribution in [1.29, 1.82) is 0 Å². The number of carboxylic acid groups (broad SMARTS) is 1. The van der Waals surface area contributed by atoms with Crippen LogP contribution in [0.1, 0.15) is 16.2 Å². The van der Waals surface area contributed by atoms with Gasteiger partial charge in [-0.3, -0.25) is 0 Å². The molecule has 23 heavy (non-hydrogen) atoms. The Labute approximate surface area is 144 Å². The molecule has 8 heteroatoms. The molecule has 3 rings (SSSR count). The summed E-state index contributed by atoms with van der Waals surface area (Å²) in [7, 11) is 0. The van der Waals surface area contributed by atoms with Crippen LogP contribution in [0, 0.1) is 16.3 Å². The van der Waals surface area contributed by atoms with Crippen LogP contribution >= 0.6 is 22.6 Å². The highest BCUT2D eigenvalue weighted by atomic mass is 127. The number of hydrogen-bond donors (Lipinski definition) is 1. The molecular formula is C15H10FIN4O2. The van der Waals surface area contributed by atoms with Gasteiger partial charge in [-0.1, -0.05) is 0 Å². The van der Waals surface area contributed by atoms with Gasteiger partial charge < -0.3 is 5.11 Å². The second-order valence-corrected chi connectivity index (χ2v) is 5.90. The van der Waals surface area contributed by atoms with Gasteiger partial charge in [-0.2, -0.15) is 5.10 Å². The lowest BCUT2D eigenvalue weighted by molar-refractivity contribution is 0.0689. The fourth-order valence-corrected chi connectivity index (χ4v) is 2.71. The quantitative estimate of drug-likeness (QED) is 0.654. The fraction of sp³-hybridized carbons (Fsp3) is 0.0667. The number of benzene rings is 1. The zero-order chi connectivity index (χ0) is 16.6. The molecule has 0 bridgehead atoms. The average molecular weight is 424 g/mol. The first-order valence-corrected chi connectivity index (χ1v) is 7.62. The van der Waals surface area contributed by atoms with Crippen molar-refractivity contribution in [3.63, 3.8) is 0 Å². The van der Waals surface area contributed by atoms with E-state index in [1.165, 1.54) is 18.3 Å². The Balaban J connectivity index is 2.03. The molecule has 0 aliphatic rings. The second kappa shape index (κ2) is 6.03. The normalized spacial score (nSPS) is 10.7. The third-order valence-electron chi connectivity index (χ3n) is 3.15. The molecule has 0 atom stereocenters. The van der Waals surface area contributed by atoms with Crippen LogP contribution in [-0.2, 0) is 0 Å². The molecule has 116 valence electrons. The molecule has 0 saturated carbocycles. The zero-order valence-electron chi connectivity index (χ0n) is 11.9. The predicted octanol–water partition coefficient (Wildman–Crippen LogP) is 3.08. The van der Waals surface area contributed by atoms with Gasteiger partial charge >= 0.3 is 5.97 Å². The van der Waals surface area contributed by atoms with Gasteiger partial charge in [0.15, 0.2) is 5.69 Å². The number of aromatic nitrogens is 4. The standard InChI is InChI=1S/C15H10FIN4O2/c1-8-13(15(22)23)18-6-12(19-8)14-11(17)7-21(20-14)10-4-2-9(16)3-5-10/h2-7H,1H3,(H,22,23). The number of halogens is 2. The summed E-state index contributed by atoms with van der Waals surface area (Å²) in [6, 6.07) is 5.95.